The van der Waals surface area contributed by atoms with Crippen molar-refractivity contribution in [1.82, 2.24) is 0 Å². The molecule has 0 radical (unpaired) electrons. The molecule has 0 aromatic heterocycles. The molecule has 2 rings (SSSR count). The predicted octanol–water partition coefficient (Wildman–Crippen LogP) is 6.18. The van der Waals surface area contributed by atoms with Crippen LogP contribution in [0.1, 0.15) is 51.4 Å². The van der Waals surface area contributed by atoms with Crippen molar-refractivity contribution in [3.8, 4) is 0 Å². The van der Waals surface area contributed by atoms with Crippen molar-refractivity contribution in [2.24, 2.45) is 0 Å². The van der Waals surface area contributed by atoms with Gasteiger partial charge in [0.05, 0.1) is 11.3 Å². The van der Waals surface area contributed by atoms with E-state index in [1.165, 1.54) is 37.0 Å². The predicted molar refractivity (Wildman–Crippen MR) is 96.5 cm³/mol. The smallest absolute Gasteiger partial charge is 0 e. The normalized spacial score (nSPS) is 19.4. The average Bonchev–Trinajstić information content (AvgIpc) is 3.05. The van der Waals surface area contributed by atoms with E-state index in [9.17, 15) is 0 Å². The molecule has 0 N–H and O–H groups in total. The van der Waals surface area contributed by atoms with E-state index in [-0.39, 0.29) is 48.9 Å². The number of halogens is 2. The molecule has 128 valence electrons. The van der Waals surface area contributed by atoms with Gasteiger partial charge >= 0.3 is 35.0 Å². The monoisotopic (exact) mass is 494 g/mol. The van der Waals surface area contributed by atoms with Gasteiger partial charge in [0.2, 0.25) is 0 Å². The van der Waals surface area contributed by atoms with Crippen LogP contribution in [-0.2, 0) is 33.0 Å². The van der Waals surface area contributed by atoms with E-state index in [0.29, 0.717) is 0 Å². The van der Waals surface area contributed by atoms with E-state index in [4.69, 9.17) is 19.1 Å². The molecule has 0 aromatic rings. The third kappa shape index (κ3) is 13.1. The quantitative estimate of drug-likeness (QED) is 0.317. The second-order valence-corrected chi connectivity index (χ2v) is 14.5. The zero-order valence-corrected chi connectivity index (χ0v) is 19.4. The van der Waals surface area contributed by atoms with Gasteiger partial charge in [-0.2, -0.15) is 0 Å². The molecule has 0 heterocycles. The van der Waals surface area contributed by atoms with Crippen LogP contribution in [0.4, 0.5) is 0 Å². The number of hydrogen-bond donors (Lipinski definition) is 0. The Morgan fingerprint density at radius 2 is 0.900 bits per heavy atom. The molecule has 0 aromatic carbocycles. The molecule has 0 unspecified atom stereocenters. The first kappa shape index (κ1) is 24.9. The van der Waals surface area contributed by atoms with E-state index in [2.05, 4.69) is 26.7 Å². The molecule has 2 aliphatic carbocycles. The Morgan fingerprint density at radius 1 is 0.700 bits per heavy atom. The van der Waals surface area contributed by atoms with E-state index in [1.54, 1.807) is 25.7 Å². The Kier molecular flexibility index (Phi) is 20.5. The summed E-state index contributed by atoms with van der Waals surface area (Å²) in [4.78, 5) is 0. The van der Waals surface area contributed by atoms with Crippen LogP contribution in [0.15, 0.2) is 0 Å². The van der Waals surface area contributed by atoms with Gasteiger partial charge in [0, 0.05) is 43.7 Å². The summed E-state index contributed by atoms with van der Waals surface area (Å²) in [6.45, 7) is 9.78. The van der Waals surface area contributed by atoms with Gasteiger partial charge in [0.15, 0.2) is 0 Å². The van der Waals surface area contributed by atoms with Crippen molar-refractivity contribution in [2.75, 3.05) is 26.7 Å². The maximum atomic E-state index is 4.81. The van der Waals surface area contributed by atoms with Crippen molar-refractivity contribution < 1.29 is 33.0 Å². The van der Waals surface area contributed by atoms with E-state index in [1.807, 2.05) is 0 Å². The van der Waals surface area contributed by atoms with Crippen molar-refractivity contribution in [3.05, 3.63) is 0 Å². The van der Waals surface area contributed by atoms with E-state index in [0.717, 1.165) is 0 Å². The van der Waals surface area contributed by atoms with Crippen LogP contribution in [0.3, 0.4) is 0 Å². The fourth-order valence-electron chi connectivity index (χ4n) is 3.01. The van der Waals surface area contributed by atoms with Gasteiger partial charge in [-0.3, -0.25) is 0 Å². The Bertz CT molecular complexity index is 178. The molecule has 0 spiro atoms. The van der Waals surface area contributed by atoms with E-state index >= 15 is 0 Å². The average molecular weight is 496 g/mol. The second-order valence-electron chi connectivity index (χ2n) is 6.16. The summed E-state index contributed by atoms with van der Waals surface area (Å²) in [7, 11) is 9.80. The molecule has 0 amide bonds. The van der Waals surface area contributed by atoms with Crippen LogP contribution in [-0.4, -0.2) is 38.0 Å². The Hall–Kier alpha value is 2.62. The molecular weight excluding hydrogens is 463 g/mol. The van der Waals surface area contributed by atoms with Gasteiger partial charge < -0.3 is 0 Å². The molecule has 2 aliphatic rings. The first-order valence-corrected chi connectivity index (χ1v) is 16.6. The summed E-state index contributed by atoms with van der Waals surface area (Å²) in [6, 6.07) is 0. The molecule has 6 heteroatoms. The third-order valence-corrected chi connectivity index (χ3v) is 8.76. The molecule has 20 heavy (non-hydrogen) atoms. The molecule has 0 atom stereocenters. The maximum Gasteiger partial charge on any atom is 0 e. The van der Waals surface area contributed by atoms with Gasteiger partial charge in [-0.25, -0.2) is 0 Å². The minimum Gasteiger partial charge on any atom is 0 e. The number of rotatable bonds is 2. The van der Waals surface area contributed by atoms with Crippen LogP contribution in [0.5, 0.6) is 0 Å². The molecular formula is C14H32Cl2FeP2Pd+2. The summed E-state index contributed by atoms with van der Waals surface area (Å²) in [6.07, 6.45) is 12.2. The summed E-state index contributed by atoms with van der Waals surface area (Å²) in [5.74, 6) is 0. The molecule has 0 saturated heterocycles. The van der Waals surface area contributed by atoms with Gasteiger partial charge in [0.25, 0.3) is 0 Å². The molecule has 0 nitrogen and oxygen atoms in total. The van der Waals surface area contributed by atoms with E-state index < -0.39 is 0 Å². The molecule has 0 bridgehead atoms. The summed E-state index contributed by atoms with van der Waals surface area (Å²) < 4.78 is 0. The van der Waals surface area contributed by atoms with Gasteiger partial charge in [0.1, 0.15) is 0 Å². The zero-order valence-electron chi connectivity index (χ0n) is 13.2. The van der Waals surface area contributed by atoms with Crippen molar-refractivity contribution in [1.29, 1.82) is 0 Å². The standard InChI is InChI=1S/2C7H15P.2ClH.Fe.Pd/c2*1-8(2)7-5-3-4-6-7;;;;/h2*7H,3-6H2,1-2H3;2*1H;;/q;;;;;+2. The zero-order chi connectivity index (χ0) is 14.7. The van der Waals surface area contributed by atoms with Crippen LogP contribution < -0.4 is 0 Å². The largest absolute Gasteiger partial charge is 0 e. The second kappa shape index (κ2) is 16.5. The van der Waals surface area contributed by atoms with Crippen LogP contribution in [0.2, 0.25) is 0 Å². The van der Waals surface area contributed by atoms with Crippen LogP contribution in [0.25, 0.3) is 0 Å². The number of hydrogen-bond acceptors (Lipinski definition) is 0. The topological polar surface area (TPSA) is 0 Å². The van der Waals surface area contributed by atoms with Gasteiger partial charge in [-0.1, -0.05) is 0 Å². The van der Waals surface area contributed by atoms with Gasteiger partial charge in [-0.15, -0.1) is 0 Å². The first-order chi connectivity index (χ1) is 9.02. The Morgan fingerprint density at radius 3 is 1.00 bits per heavy atom. The Labute approximate surface area is 156 Å². The van der Waals surface area contributed by atoms with Crippen molar-refractivity contribution in [3.63, 3.8) is 0 Å². The summed E-state index contributed by atoms with van der Waals surface area (Å²) in [5, 5.41) is 0. The molecule has 0 aliphatic heterocycles. The summed E-state index contributed by atoms with van der Waals surface area (Å²) >= 11 is -0.106. The van der Waals surface area contributed by atoms with Crippen LogP contribution >= 0.6 is 34.9 Å². The first-order valence-electron chi connectivity index (χ1n) is 7.45. The fourth-order valence-corrected chi connectivity index (χ4v) is 6.13. The SMILES string of the molecule is C[PH+](C)C1CCCC1.C[PH+](C)C1CCCC1.[Cl][Pd][Cl].[Fe]. The van der Waals surface area contributed by atoms with Crippen molar-refractivity contribution >= 4 is 34.9 Å². The minimum atomic E-state index is -0.106. The van der Waals surface area contributed by atoms with Crippen molar-refractivity contribution in [2.45, 2.75) is 62.7 Å². The fraction of sp³-hybridized carbons (Fsp3) is 1.00. The maximum absolute atomic E-state index is 4.81. The molecule has 2 fully saturated rings. The van der Waals surface area contributed by atoms with Crippen LogP contribution in [0, 0.1) is 0 Å². The summed E-state index contributed by atoms with van der Waals surface area (Å²) in [5.41, 5.74) is 2.33. The third-order valence-electron chi connectivity index (χ3n) is 4.34. The van der Waals surface area contributed by atoms with Gasteiger partial charge in [-0.05, 0) is 67.2 Å². The Balaban J connectivity index is 0. The minimum absolute atomic E-state index is 0. The molecule has 2 saturated carbocycles.